The van der Waals surface area contributed by atoms with Crippen LogP contribution in [0.3, 0.4) is 0 Å². The molecule has 0 aliphatic carbocycles. The van der Waals surface area contributed by atoms with Gasteiger partial charge in [0.25, 0.3) is 0 Å². The molecule has 6 heteroatoms. The molecule has 0 spiro atoms. The monoisotopic (exact) mass is 395 g/mol. The molecule has 3 heterocycles. The Bertz CT molecular complexity index is 1030. The van der Waals surface area contributed by atoms with E-state index in [1.807, 2.05) is 17.0 Å². The van der Waals surface area contributed by atoms with Crippen LogP contribution in [-0.2, 0) is 11.3 Å². The second-order valence-corrected chi connectivity index (χ2v) is 8.09. The highest BCUT2D eigenvalue weighted by molar-refractivity contribution is 7.07. The number of amides is 1. The van der Waals surface area contributed by atoms with Crippen LogP contribution in [0.15, 0.2) is 51.4 Å². The van der Waals surface area contributed by atoms with E-state index in [1.54, 1.807) is 17.6 Å². The summed E-state index contributed by atoms with van der Waals surface area (Å²) < 4.78 is 7.84. The largest absolute Gasteiger partial charge is 0.463 e. The molecule has 28 heavy (non-hydrogen) atoms. The normalized spacial score (nSPS) is 15.0. The van der Waals surface area contributed by atoms with Gasteiger partial charge in [-0.1, -0.05) is 6.07 Å². The van der Waals surface area contributed by atoms with Crippen molar-refractivity contribution in [3.05, 3.63) is 57.9 Å². The maximum Gasteiger partial charge on any atom is 0.222 e. The average Bonchev–Trinajstić information content (AvgIpc) is 3.41. The molecule has 1 aliphatic rings. The number of rotatable bonds is 6. The summed E-state index contributed by atoms with van der Waals surface area (Å²) >= 11 is 1.62. The van der Waals surface area contributed by atoms with Crippen molar-refractivity contribution in [1.82, 2.24) is 9.47 Å². The van der Waals surface area contributed by atoms with Crippen molar-refractivity contribution >= 4 is 22.9 Å². The average molecular weight is 396 g/mol. The third kappa shape index (κ3) is 3.97. The van der Waals surface area contributed by atoms with Gasteiger partial charge in [-0.25, -0.2) is 4.99 Å². The second kappa shape index (κ2) is 8.19. The predicted octanol–water partition coefficient (Wildman–Crippen LogP) is 4.67. The van der Waals surface area contributed by atoms with Crippen molar-refractivity contribution in [2.75, 3.05) is 13.1 Å². The van der Waals surface area contributed by atoms with E-state index >= 15 is 0 Å². The van der Waals surface area contributed by atoms with Crippen LogP contribution in [-0.4, -0.2) is 28.5 Å². The number of furan rings is 1. The first-order valence-electron chi connectivity index (χ1n) is 9.74. The quantitative estimate of drug-likeness (QED) is 0.609. The summed E-state index contributed by atoms with van der Waals surface area (Å²) in [5, 5.41) is 2.10. The van der Waals surface area contributed by atoms with Crippen LogP contribution in [0.5, 0.6) is 0 Å². The van der Waals surface area contributed by atoms with E-state index in [9.17, 15) is 4.79 Å². The Morgan fingerprint density at radius 3 is 2.79 bits per heavy atom. The summed E-state index contributed by atoms with van der Waals surface area (Å²) in [6, 6.07) is 10.2. The van der Waals surface area contributed by atoms with E-state index in [-0.39, 0.29) is 5.91 Å². The molecule has 1 saturated heterocycles. The SMILES string of the molecule is Cc1ccc(N=c2scc(-c3ccco3)n2CCCN2CCCC2=O)cc1C. The van der Waals surface area contributed by atoms with Gasteiger partial charge in [-0.2, -0.15) is 0 Å². The number of hydrogen-bond acceptors (Lipinski definition) is 4. The Labute approximate surface area is 169 Å². The van der Waals surface area contributed by atoms with Gasteiger partial charge in [0.2, 0.25) is 5.91 Å². The Morgan fingerprint density at radius 1 is 1.18 bits per heavy atom. The van der Waals surface area contributed by atoms with E-state index in [0.29, 0.717) is 6.42 Å². The number of aryl methyl sites for hydroxylation is 2. The summed E-state index contributed by atoms with van der Waals surface area (Å²) in [5.41, 5.74) is 4.50. The van der Waals surface area contributed by atoms with Gasteiger partial charge in [-0.15, -0.1) is 11.3 Å². The summed E-state index contributed by atoms with van der Waals surface area (Å²) in [7, 11) is 0. The fourth-order valence-corrected chi connectivity index (χ4v) is 4.46. The van der Waals surface area contributed by atoms with Gasteiger partial charge in [-0.05, 0) is 62.1 Å². The number of thiazole rings is 1. The van der Waals surface area contributed by atoms with Crippen LogP contribution in [0, 0.1) is 13.8 Å². The topological polar surface area (TPSA) is 50.7 Å². The predicted molar refractivity (Wildman–Crippen MR) is 112 cm³/mol. The lowest BCUT2D eigenvalue weighted by Gasteiger charge is -2.16. The lowest BCUT2D eigenvalue weighted by molar-refractivity contribution is -0.127. The van der Waals surface area contributed by atoms with Gasteiger partial charge in [-0.3, -0.25) is 4.79 Å². The van der Waals surface area contributed by atoms with Gasteiger partial charge < -0.3 is 13.9 Å². The highest BCUT2D eigenvalue weighted by atomic mass is 32.1. The molecule has 5 nitrogen and oxygen atoms in total. The molecule has 1 aromatic carbocycles. The lowest BCUT2D eigenvalue weighted by Crippen LogP contribution is -2.27. The summed E-state index contributed by atoms with van der Waals surface area (Å²) in [6.07, 6.45) is 4.27. The van der Waals surface area contributed by atoms with Crippen LogP contribution in [0.4, 0.5) is 5.69 Å². The van der Waals surface area contributed by atoms with Gasteiger partial charge in [0.1, 0.15) is 0 Å². The number of carbonyl (C=O) groups excluding carboxylic acids is 1. The molecule has 1 aliphatic heterocycles. The molecule has 0 atom stereocenters. The number of hydrogen-bond donors (Lipinski definition) is 0. The molecular formula is C22H25N3O2S. The number of likely N-dealkylation sites (tertiary alicyclic amines) is 1. The molecule has 0 radical (unpaired) electrons. The first-order valence-corrected chi connectivity index (χ1v) is 10.6. The minimum atomic E-state index is 0.279. The highest BCUT2D eigenvalue weighted by Crippen LogP contribution is 2.22. The van der Waals surface area contributed by atoms with Gasteiger partial charge >= 0.3 is 0 Å². The van der Waals surface area contributed by atoms with Crippen LogP contribution in [0.2, 0.25) is 0 Å². The van der Waals surface area contributed by atoms with E-state index in [2.05, 4.69) is 42.0 Å². The van der Waals surface area contributed by atoms with Gasteiger partial charge in [0.05, 0.1) is 17.6 Å². The van der Waals surface area contributed by atoms with Crippen molar-refractivity contribution in [2.45, 2.75) is 39.7 Å². The van der Waals surface area contributed by atoms with Crippen molar-refractivity contribution in [3.63, 3.8) is 0 Å². The van der Waals surface area contributed by atoms with E-state index in [0.717, 1.165) is 54.4 Å². The molecule has 0 unspecified atom stereocenters. The lowest BCUT2D eigenvalue weighted by atomic mass is 10.1. The molecule has 0 saturated carbocycles. The Morgan fingerprint density at radius 2 is 2.07 bits per heavy atom. The number of nitrogens with zero attached hydrogens (tertiary/aromatic N) is 3. The molecular weight excluding hydrogens is 370 g/mol. The highest BCUT2D eigenvalue weighted by Gasteiger charge is 2.19. The summed E-state index contributed by atoms with van der Waals surface area (Å²) in [6.45, 7) is 6.70. The maximum absolute atomic E-state index is 11.9. The Hall–Kier alpha value is -2.60. The van der Waals surface area contributed by atoms with E-state index < -0.39 is 0 Å². The molecule has 0 bridgehead atoms. The second-order valence-electron chi connectivity index (χ2n) is 7.25. The smallest absolute Gasteiger partial charge is 0.222 e. The summed E-state index contributed by atoms with van der Waals surface area (Å²) in [4.78, 5) is 19.7. The molecule has 146 valence electrons. The zero-order chi connectivity index (χ0) is 19.5. The molecule has 1 fully saturated rings. The third-order valence-electron chi connectivity index (χ3n) is 5.27. The zero-order valence-electron chi connectivity index (χ0n) is 16.4. The van der Waals surface area contributed by atoms with Crippen LogP contribution in [0.25, 0.3) is 11.5 Å². The zero-order valence-corrected chi connectivity index (χ0v) is 17.2. The van der Waals surface area contributed by atoms with E-state index in [4.69, 9.17) is 9.41 Å². The van der Waals surface area contributed by atoms with Crippen molar-refractivity contribution < 1.29 is 9.21 Å². The minimum Gasteiger partial charge on any atom is -0.463 e. The Balaban J connectivity index is 1.63. The number of carbonyl (C=O) groups is 1. The third-order valence-corrected chi connectivity index (χ3v) is 6.13. The fourth-order valence-electron chi connectivity index (χ4n) is 3.52. The van der Waals surface area contributed by atoms with Crippen molar-refractivity contribution in [3.8, 4) is 11.5 Å². The standard InChI is InChI=1S/C22H25N3O2S/c1-16-8-9-18(14-17(16)2)23-22-25(12-5-11-24-10-3-7-21(24)26)19(15-28-22)20-6-4-13-27-20/h4,6,8-9,13-15H,3,5,7,10-12H2,1-2H3. The maximum atomic E-state index is 11.9. The van der Waals surface area contributed by atoms with Crippen LogP contribution in [0.1, 0.15) is 30.4 Å². The number of benzene rings is 1. The molecule has 3 aromatic rings. The fraction of sp³-hybridized carbons (Fsp3) is 0.364. The van der Waals surface area contributed by atoms with Crippen LogP contribution < -0.4 is 4.80 Å². The van der Waals surface area contributed by atoms with Crippen molar-refractivity contribution in [2.24, 2.45) is 4.99 Å². The van der Waals surface area contributed by atoms with Crippen molar-refractivity contribution in [1.29, 1.82) is 0 Å². The molecule has 2 aromatic heterocycles. The molecule has 4 rings (SSSR count). The molecule has 1 amide bonds. The van der Waals surface area contributed by atoms with Crippen LogP contribution >= 0.6 is 11.3 Å². The van der Waals surface area contributed by atoms with Gasteiger partial charge in [0.15, 0.2) is 10.6 Å². The summed E-state index contributed by atoms with van der Waals surface area (Å²) in [5.74, 6) is 1.12. The Kier molecular flexibility index (Phi) is 5.48. The number of aromatic nitrogens is 1. The van der Waals surface area contributed by atoms with E-state index in [1.165, 1.54) is 11.1 Å². The van der Waals surface area contributed by atoms with Gasteiger partial charge in [0, 0.05) is 31.4 Å². The molecule has 0 N–H and O–H groups in total. The first kappa shape index (κ1) is 18.7. The first-order chi connectivity index (χ1) is 13.6. The minimum absolute atomic E-state index is 0.279.